The Labute approximate surface area is 152 Å². The van der Waals surface area contributed by atoms with Gasteiger partial charge in [-0.05, 0) is 36.5 Å². The maximum atomic E-state index is 11.8. The van der Waals surface area contributed by atoms with Crippen molar-refractivity contribution in [3.63, 3.8) is 0 Å². The van der Waals surface area contributed by atoms with Gasteiger partial charge in [0.05, 0.1) is 6.42 Å². The van der Waals surface area contributed by atoms with E-state index >= 15 is 0 Å². The molecule has 2 N–H and O–H groups in total. The van der Waals surface area contributed by atoms with Crippen LogP contribution >= 0.6 is 11.6 Å². The zero-order valence-corrected chi connectivity index (χ0v) is 15.0. The molecular formula is C18H23ClN2O4. The van der Waals surface area contributed by atoms with E-state index in [1.54, 1.807) is 24.3 Å². The highest BCUT2D eigenvalue weighted by molar-refractivity contribution is 6.30. The molecule has 1 aliphatic carbocycles. The molecule has 0 unspecified atom stereocenters. The molecule has 3 amide bonds. The molecule has 0 aromatic heterocycles. The van der Waals surface area contributed by atoms with Crippen LogP contribution in [0.2, 0.25) is 5.02 Å². The fraction of sp³-hybridized carbons (Fsp3) is 0.500. The minimum Gasteiger partial charge on any atom is -0.455 e. The Balaban J connectivity index is 1.68. The van der Waals surface area contributed by atoms with E-state index in [1.165, 1.54) is 6.42 Å². The average molecular weight is 367 g/mol. The molecule has 6 nitrogen and oxygen atoms in total. The van der Waals surface area contributed by atoms with Crippen molar-refractivity contribution in [1.82, 2.24) is 10.6 Å². The Morgan fingerprint density at radius 3 is 2.52 bits per heavy atom. The average Bonchev–Trinajstić information content (AvgIpc) is 2.57. The topological polar surface area (TPSA) is 84.5 Å². The Kier molecular flexibility index (Phi) is 7.25. The molecule has 1 saturated carbocycles. The van der Waals surface area contributed by atoms with Crippen molar-refractivity contribution < 1.29 is 19.1 Å². The number of nitrogens with one attached hydrogen (secondary N) is 2. The van der Waals surface area contributed by atoms with Crippen LogP contribution in [0.3, 0.4) is 0 Å². The Morgan fingerprint density at radius 2 is 1.84 bits per heavy atom. The molecule has 0 radical (unpaired) electrons. The van der Waals surface area contributed by atoms with Crippen molar-refractivity contribution in [3.05, 3.63) is 34.9 Å². The Bertz CT molecular complexity index is 618. The largest absolute Gasteiger partial charge is 0.455 e. The van der Waals surface area contributed by atoms with E-state index in [1.807, 2.05) is 0 Å². The summed E-state index contributed by atoms with van der Waals surface area (Å²) in [6.45, 7) is 1.60. The second-order valence-electron chi connectivity index (χ2n) is 6.35. The molecule has 0 heterocycles. The first-order chi connectivity index (χ1) is 11.9. The predicted octanol–water partition coefficient (Wildman–Crippen LogP) is 2.83. The summed E-state index contributed by atoms with van der Waals surface area (Å²) in [6, 6.07) is 6.30. The number of amides is 3. The number of benzene rings is 1. The summed E-state index contributed by atoms with van der Waals surface area (Å²) in [5, 5.41) is 5.58. The number of imide groups is 1. The quantitative estimate of drug-likeness (QED) is 0.785. The molecule has 7 heteroatoms. The van der Waals surface area contributed by atoms with E-state index in [-0.39, 0.29) is 12.5 Å². The summed E-state index contributed by atoms with van der Waals surface area (Å²) in [7, 11) is 0. The molecule has 136 valence electrons. The summed E-state index contributed by atoms with van der Waals surface area (Å²) in [4.78, 5) is 35.3. The molecule has 1 aromatic rings. The van der Waals surface area contributed by atoms with Crippen LogP contribution in [0.15, 0.2) is 24.3 Å². The lowest BCUT2D eigenvalue weighted by molar-refractivity contribution is -0.147. The monoisotopic (exact) mass is 366 g/mol. The third kappa shape index (κ3) is 6.74. The maximum absolute atomic E-state index is 11.8. The summed E-state index contributed by atoms with van der Waals surface area (Å²) >= 11 is 5.77. The molecule has 2 rings (SSSR count). The van der Waals surface area contributed by atoms with Crippen molar-refractivity contribution in [3.8, 4) is 0 Å². The van der Waals surface area contributed by atoms with Gasteiger partial charge in [-0.25, -0.2) is 4.79 Å². The van der Waals surface area contributed by atoms with Gasteiger partial charge in [0.15, 0.2) is 6.61 Å². The van der Waals surface area contributed by atoms with Gasteiger partial charge in [0.25, 0.3) is 5.91 Å². The van der Waals surface area contributed by atoms with Crippen molar-refractivity contribution in [2.24, 2.45) is 5.92 Å². The smallest absolute Gasteiger partial charge is 0.321 e. The number of carbonyl (C=O) groups is 3. The summed E-state index contributed by atoms with van der Waals surface area (Å²) in [5.74, 6) is -0.795. The van der Waals surface area contributed by atoms with E-state index in [0.717, 1.165) is 24.8 Å². The van der Waals surface area contributed by atoms with Gasteiger partial charge in [-0.2, -0.15) is 0 Å². The number of hydrogen-bond acceptors (Lipinski definition) is 4. The normalized spacial score (nSPS) is 19.8. The van der Waals surface area contributed by atoms with Gasteiger partial charge in [0.1, 0.15) is 0 Å². The first-order valence-corrected chi connectivity index (χ1v) is 8.82. The zero-order chi connectivity index (χ0) is 18.2. The summed E-state index contributed by atoms with van der Waals surface area (Å²) in [5.41, 5.74) is 0.735. The second kappa shape index (κ2) is 9.42. The van der Waals surface area contributed by atoms with Crippen LogP contribution in [0, 0.1) is 5.92 Å². The minimum atomic E-state index is -0.648. The fourth-order valence-electron chi connectivity index (χ4n) is 2.86. The van der Waals surface area contributed by atoms with Crippen LogP contribution in [-0.4, -0.2) is 30.6 Å². The van der Waals surface area contributed by atoms with Crippen LogP contribution in [-0.2, 0) is 20.7 Å². The zero-order valence-electron chi connectivity index (χ0n) is 14.2. The van der Waals surface area contributed by atoms with E-state index < -0.39 is 24.5 Å². The highest BCUT2D eigenvalue weighted by Crippen LogP contribution is 2.23. The van der Waals surface area contributed by atoms with Crippen LogP contribution < -0.4 is 10.6 Å². The molecule has 0 aliphatic heterocycles. The molecule has 0 spiro atoms. The van der Waals surface area contributed by atoms with Crippen LogP contribution in [0.4, 0.5) is 4.79 Å². The van der Waals surface area contributed by atoms with Crippen molar-refractivity contribution in [1.29, 1.82) is 0 Å². The number of carbonyl (C=O) groups excluding carboxylic acids is 3. The number of urea groups is 1. The van der Waals surface area contributed by atoms with E-state index in [4.69, 9.17) is 16.3 Å². The third-order valence-electron chi connectivity index (χ3n) is 4.31. The van der Waals surface area contributed by atoms with Crippen molar-refractivity contribution in [2.75, 3.05) is 6.61 Å². The van der Waals surface area contributed by atoms with Gasteiger partial charge in [-0.3, -0.25) is 14.9 Å². The van der Waals surface area contributed by atoms with Crippen LogP contribution in [0.25, 0.3) is 0 Å². The number of ether oxygens (including phenoxy) is 1. The molecule has 0 bridgehead atoms. The second-order valence-corrected chi connectivity index (χ2v) is 6.79. The van der Waals surface area contributed by atoms with Gasteiger partial charge in [-0.15, -0.1) is 0 Å². The maximum Gasteiger partial charge on any atom is 0.321 e. The number of halogens is 1. The molecule has 1 aromatic carbocycles. The minimum absolute atomic E-state index is 0.0379. The van der Waals surface area contributed by atoms with Gasteiger partial charge < -0.3 is 10.1 Å². The number of esters is 1. The van der Waals surface area contributed by atoms with Crippen molar-refractivity contribution >= 4 is 29.5 Å². The number of rotatable bonds is 5. The Morgan fingerprint density at radius 1 is 1.16 bits per heavy atom. The van der Waals surface area contributed by atoms with E-state index in [2.05, 4.69) is 17.6 Å². The fourth-order valence-corrected chi connectivity index (χ4v) is 2.99. The molecule has 25 heavy (non-hydrogen) atoms. The molecule has 1 aliphatic rings. The van der Waals surface area contributed by atoms with Gasteiger partial charge in [0.2, 0.25) is 0 Å². The molecule has 0 saturated heterocycles. The van der Waals surface area contributed by atoms with Crippen LogP contribution in [0.5, 0.6) is 0 Å². The third-order valence-corrected chi connectivity index (χ3v) is 4.56. The van der Waals surface area contributed by atoms with Gasteiger partial charge in [-0.1, -0.05) is 43.5 Å². The SMILES string of the molecule is C[C@H]1CCCC[C@@H]1NC(=O)NC(=O)COC(=O)Cc1ccc(Cl)cc1. The lowest BCUT2D eigenvalue weighted by atomic mass is 9.86. The summed E-state index contributed by atoms with van der Waals surface area (Å²) in [6.07, 6.45) is 4.27. The highest BCUT2D eigenvalue weighted by atomic mass is 35.5. The lowest BCUT2D eigenvalue weighted by Crippen LogP contribution is -2.48. The summed E-state index contributed by atoms with van der Waals surface area (Å²) < 4.78 is 4.89. The van der Waals surface area contributed by atoms with Gasteiger partial charge in [0, 0.05) is 11.1 Å². The molecule has 1 fully saturated rings. The molecule has 2 atom stereocenters. The molecular weight excluding hydrogens is 344 g/mol. The first-order valence-electron chi connectivity index (χ1n) is 8.44. The van der Waals surface area contributed by atoms with E-state index in [0.29, 0.717) is 10.9 Å². The van der Waals surface area contributed by atoms with Crippen molar-refractivity contribution in [2.45, 2.75) is 45.1 Å². The highest BCUT2D eigenvalue weighted by Gasteiger charge is 2.23. The lowest BCUT2D eigenvalue weighted by Gasteiger charge is -2.29. The first kappa shape index (κ1) is 19.2. The van der Waals surface area contributed by atoms with Crippen LogP contribution in [0.1, 0.15) is 38.2 Å². The number of hydrogen-bond donors (Lipinski definition) is 2. The predicted molar refractivity (Wildman–Crippen MR) is 94.2 cm³/mol. The van der Waals surface area contributed by atoms with Gasteiger partial charge >= 0.3 is 12.0 Å². The van der Waals surface area contributed by atoms with E-state index in [9.17, 15) is 14.4 Å². The Hall–Kier alpha value is -2.08. The standard InChI is InChI=1S/C18H23ClN2O4/c1-12-4-2-3-5-15(12)20-18(24)21-16(22)11-25-17(23)10-13-6-8-14(19)9-7-13/h6-9,12,15H,2-5,10-11H2,1H3,(H2,20,21,22,24)/t12-,15-/m0/s1.